The monoisotopic (exact) mass is 485 g/mol. The van der Waals surface area contributed by atoms with Gasteiger partial charge in [-0.2, -0.15) is 0 Å². The smallest absolute Gasteiger partial charge is 0.267 e. The molecule has 174 valence electrons. The molecule has 0 spiro atoms. The summed E-state index contributed by atoms with van der Waals surface area (Å²) in [5.41, 5.74) is 1.02. The number of aryl methyl sites for hydroxylation is 2. The lowest BCUT2D eigenvalue weighted by atomic mass is 9.92. The van der Waals surface area contributed by atoms with Gasteiger partial charge in [0.15, 0.2) is 5.16 Å². The van der Waals surface area contributed by atoms with Crippen molar-refractivity contribution >= 4 is 39.2 Å². The number of carbonyl (C=O) groups is 1. The summed E-state index contributed by atoms with van der Waals surface area (Å²) in [5.74, 6) is 0.698. The van der Waals surface area contributed by atoms with Crippen LogP contribution in [-0.2, 0) is 17.6 Å². The summed E-state index contributed by atoms with van der Waals surface area (Å²) in [7, 11) is 0. The average molecular weight is 486 g/mol. The topological polar surface area (TPSA) is 55.2 Å². The zero-order valence-corrected chi connectivity index (χ0v) is 20.6. The highest BCUT2D eigenvalue weighted by atomic mass is 32.2. The Hall–Kier alpha value is -2.19. The number of hydrogen-bond donors (Lipinski definition) is 0. The summed E-state index contributed by atoms with van der Waals surface area (Å²) < 4.78 is 16.2. The maximum atomic E-state index is 14.8. The van der Waals surface area contributed by atoms with Crippen LogP contribution < -0.4 is 5.56 Å². The molecule has 2 aliphatic rings. The third-order valence-electron chi connectivity index (χ3n) is 6.60. The number of halogens is 1. The molecule has 1 fully saturated rings. The number of piperidine rings is 1. The summed E-state index contributed by atoms with van der Waals surface area (Å²) in [6.07, 6.45) is 5.12. The molecule has 3 aromatic rings. The van der Waals surface area contributed by atoms with Crippen LogP contribution in [0.15, 0.2) is 34.2 Å². The van der Waals surface area contributed by atoms with E-state index in [1.165, 1.54) is 27.3 Å². The van der Waals surface area contributed by atoms with Gasteiger partial charge in [-0.15, -0.1) is 11.3 Å². The molecule has 0 N–H and O–H groups in total. The fourth-order valence-corrected chi connectivity index (χ4v) is 7.42. The molecule has 2 aromatic heterocycles. The number of benzene rings is 1. The van der Waals surface area contributed by atoms with Crippen molar-refractivity contribution in [2.24, 2.45) is 11.8 Å². The van der Waals surface area contributed by atoms with Gasteiger partial charge in [0.2, 0.25) is 5.91 Å². The highest BCUT2D eigenvalue weighted by Gasteiger charge is 2.27. The maximum Gasteiger partial charge on any atom is 0.267 e. The van der Waals surface area contributed by atoms with E-state index in [1.807, 2.05) is 4.90 Å². The van der Waals surface area contributed by atoms with Crippen molar-refractivity contribution in [1.82, 2.24) is 14.5 Å². The second-order valence-electron chi connectivity index (χ2n) is 9.41. The van der Waals surface area contributed by atoms with E-state index in [9.17, 15) is 14.0 Å². The SMILES string of the molecule is C[C@@H]1C[C@@H](C)CN(C(=O)CSc2nc3sc4c(c3c(=O)n2-c2ccccc2F)CCCC4)C1. The van der Waals surface area contributed by atoms with Gasteiger partial charge in [0.1, 0.15) is 10.6 Å². The molecule has 1 aliphatic carbocycles. The van der Waals surface area contributed by atoms with Crippen molar-refractivity contribution in [1.29, 1.82) is 0 Å². The fraction of sp³-hybridized carbons (Fsp3) is 0.480. The normalized spacial score (nSPS) is 20.8. The predicted octanol–water partition coefficient (Wildman–Crippen LogP) is 5.06. The molecule has 1 saturated heterocycles. The molecule has 0 unspecified atom stereocenters. The Morgan fingerprint density at radius 2 is 1.91 bits per heavy atom. The zero-order chi connectivity index (χ0) is 23.1. The lowest BCUT2D eigenvalue weighted by Crippen LogP contribution is -2.43. The largest absolute Gasteiger partial charge is 0.341 e. The van der Waals surface area contributed by atoms with Crippen LogP contribution in [0.4, 0.5) is 4.39 Å². The molecule has 8 heteroatoms. The Labute approximate surface area is 201 Å². The zero-order valence-electron chi connectivity index (χ0n) is 19.0. The van der Waals surface area contributed by atoms with E-state index >= 15 is 0 Å². The predicted molar refractivity (Wildman–Crippen MR) is 132 cm³/mol. The minimum absolute atomic E-state index is 0.0401. The molecule has 5 nitrogen and oxygen atoms in total. The molecule has 3 heterocycles. The van der Waals surface area contributed by atoms with Crippen LogP contribution in [0.5, 0.6) is 0 Å². The number of thioether (sulfide) groups is 1. The van der Waals surface area contributed by atoms with Crippen LogP contribution >= 0.6 is 23.1 Å². The highest BCUT2D eigenvalue weighted by Crippen LogP contribution is 2.35. The average Bonchev–Trinajstić information content (AvgIpc) is 3.16. The molecule has 0 radical (unpaired) electrons. The lowest BCUT2D eigenvalue weighted by molar-refractivity contribution is -0.130. The molecule has 0 bridgehead atoms. The number of aromatic nitrogens is 2. The van der Waals surface area contributed by atoms with Crippen LogP contribution in [0.1, 0.15) is 43.6 Å². The molecule has 1 aromatic carbocycles. The van der Waals surface area contributed by atoms with E-state index in [0.717, 1.165) is 50.8 Å². The first kappa shape index (κ1) is 22.6. The fourth-order valence-electron chi connectivity index (χ4n) is 5.21. The number of thiophene rings is 1. The van der Waals surface area contributed by atoms with Crippen molar-refractivity contribution in [2.75, 3.05) is 18.8 Å². The van der Waals surface area contributed by atoms with Gasteiger partial charge in [0.25, 0.3) is 5.56 Å². The Morgan fingerprint density at radius 1 is 1.18 bits per heavy atom. The van der Waals surface area contributed by atoms with Crippen molar-refractivity contribution < 1.29 is 9.18 Å². The number of rotatable bonds is 4. The van der Waals surface area contributed by atoms with Crippen LogP contribution in [0.3, 0.4) is 0 Å². The van der Waals surface area contributed by atoms with Crippen molar-refractivity contribution in [2.45, 2.75) is 51.1 Å². The highest BCUT2D eigenvalue weighted by molar-refractivity contribution is 7.99. The van der Waals surface area contributed by atoms with E-state index in [-0.39, 0.29) is 22.9 Å². The van der Waals surface area contributed by atoms with Crippen molar-refractivity contribution in [3.8, 4) is 5.69 Å². The van der Waals surface area contributed by atoms with Crippen molar-refractivity contribution in [3.63, 3.8) is 0 Å². The summed E-state index contributed by atoms with van der Waals surface area (Å²) >= 11 is 2.80. The Balaban J connectivity index is 1.55. The van der Waals surface area contributed by atoms with Crippen LogP contribution in [0.2, 0.25) is 0 Å². The number of hydrogen-bond acceptors (Lipinski definition) is 5. The first-order valence-electron chi connectivity index (χ1n) is 11.6. The van der Waals surface area contributed by atoms with E-state index in [4.69, 9.17) is 4.98 Å². The third-order valence-corrected chi connectivity index (χ3v) is 8.71. The number of carbonyl (C=O) groups excluding carboxylic acids is 1. The summed E-state index contributed by atoms with van der Waals surface area (Å²) in [6, 6.07) is 6.28. The van der Waals surface area contributed by atoms with Gasteiger partial charge in [-0.3, -0.25) is 14.2 Å². The summed E-state index contributed by atoms with van der Waals surface area (Å²) in [5, 5.41) is 0.995. The molecule has 5 rings (SSSR count). The minimum atomic E-state index is -0.475. The second kappa shape index (κ2) is 9.22. The minimum Gasteiger partial charge on any atom is -0.341 e. The van der Waals surface area contributed by atoms with Gasteiger partial charge in [-0.05, 0) is 61.6 Å². The number of nitrogens with zero attached hydrogens (tertiary/aromatic N) is 3. The van der Waals surface area contributed by atoms with Crippen LogP contribution in [0.25, 0.3) is 15.9 Å². The van der Waals surface area contributed by atoms with Crippen LogP contribution in [-0.4, -0.2) is 39.2 Å². The Morgan fingerprint density at radius 3 is 2.67 bits per heavy atom. The molecular weight excluding hydrogens is 457 g/mol. The van der Waals surface area contributed by atoms with E-state index in [2.05, 4.69) is 13.8 Å². The quantitative estimate of drug-likeness (QED) is 0.383. The summed E-state index contributed by atoms with van der Waals surface area (Å²) in [4.78, 5) is 35.4. The number of fused-ring (bicyclic) bond motifs is 3. The molecule has 1 aliphatic heterocycles. The van der Waals surface area contributed by atoms with Crippen molar-refractivity contribution in [3.05, 3.63) is 50.9 Å². The van der Waals surface area contributed by atoms with Gasteiger partial charge < -0.3 is 4.90 Å². The first-order chi connectivity index (χ1) is 15.9. The molecule has 2 atom stereocenters. The van der Waals surface area contributed by atoms with E-state index < -0.39 is 5.82 Å². The number of amides is 1. The lowest BCUT2D eigenvalue weighted by Gasteiger charge is -2.35. The van der Waals surface area contributed by atoms with E-state index in [1.54, 1.807) is 29.5 Å². The van der Waals surface area contributed by atoms with Gasteiger partial charge in [-0.25, -0.2) is 9.37 Å². The van der Waals surface area contributed by atoms with Gasteiger partial charge in [0.05, 0.1) is 16.8 Å². The number of likely N-dealkylation sites (tertiary alicyclic amines) is 1. The van der Waals surface area contributed by atoms with Gasteiger partial charge >= 0.3 is 0 Å². The maximum absolute atomic E-state index is 14.8. The number of para-hydroxylation sites is 1. The van der Waals surface area contributed by atoms with Gasteiger partial charge in [0, 0.05) is 18.0 Å². The van der Waals surface area contributed by atoms with Crippen LogP contribution in [0, 0.1) is 17.7 Å². The first-order valence-corrected chi connectivity index (χ1v) is 13.5. The third kappa shape index (κ3) is 4.35. The molecule has 0 saturated carbocycles. The van der Waals surface area contributed by atoms with E-state index in [0.29, 0.717) is 27.2 Å². The Bertz CT molecular complexity index is 1260. The molecule has 1 amide bonds. The second-order valence-corrected chi connectivity index (χ2v) is 11.4. The Kier molecular flexibility index (Phi) is 6.31. The van der Waals surface area contributed by atoms with Gasteiger partial charge in [-0.1, -0.05) is 37.7 Å². The molecule has 33 heavy (non-hydrogen) atoms. The standard InChI is InChI=1S/C25H28FN3O2S2/c1-15-11-16(2)13-28(12-15)21(30)14-32-25-27-23-22(17-7-3-6-10-20(17)33-23)24(31)29(25)19-9-5-4-8-18(19)26/h4-5,8-9,15-16H,3,6-7,10-14H2,1-2H3/t15-,16-/m1/s1. The summed E-state index contributed by atoms with van der Waals surface area (Å²) in [6.45, 7) is 5.86. The molecular formula is C25H28FN3O2S2.